The molecule has 0 bridgehead atoms. The number of likely N-dealkylation sites (tertiary alicyclic amines) is 1. The van der Waals surface area contributed by atoms with Crippen LogP contribution in [0.5, 0.6) is 0 Å². The van der Waals surface area contributed by atoms with Crippen LogP contribution in [0.25, 0.3) is 0 Å². The van der Waals surface area contributed by atoms with Gasteiger partial charge in [0.15, 0.2) is 4.32 Å². The van der Waals surface area contributed by atoms with E-state index < -0.39 is 0 Å². The normalized spacial score (nSPS) is 25.1. The summed E-state index contributed by atoms with van der Waals surface area (Å²) in [4.78, 5) is 34.9. The van der Waals surface area contributed by atoms with Gasteiger partial charge < -0.3 is 4.74 Å². The van der Waals surface area contributed by atoms with Crippen molar-refractivity contribution in [3.63, 3.8) is 0 Å². The molecular weight excluding hydrogens is 250 g/mol. The second-order valence-corrected chi connectivity index (χ2v) is 5.29. The third-order valence-electron chi connectivity index (χ3n) is 2.36. The average Bonchev–Trinajstić information content (AvgIpc) is 2.75. The molecule has 0 unspecified atom stereocenters. The van der Waals surface area contributed by atoms with Crippen molar-refractivity contribution < 1.29 is 19.1 Å². The van der Waals surface area contributed by atoms with Crippen LogP contribution in [-0.4, -0.2) is 38.9 Å². The van der Waals surface area contributed by atoms with E-state index in [1.807, 2.05) is 0 Å². The molecule has 86 valence electrons. The van der Waals surface area contributed by atoms with Gasteiger partial charge >= 0.3 is 5.97 Å². The number of hydrogen-bond donors (Lipinski definition) is 0. The first-order chi connectivity index (χ1) is 7.59. The Labute approximate surface area is 101 Å². The number of cyclic esters (lactones) is 1. The predicted molar refractivity (Wildman–Crippen MR) is 60.6 cm³/mol. The highest BCUT2D eigenvalue weighted by Crippen LogP contribution is 2.27. The summed E-state index contributed by atoms with van der Waals surface area (Å²) >= 11 is 6.06. The monoisotopic (exact) mass is 259 g/mol. The first-order valence-electron chi connectivity index (χ1n) is 4.82. The second kappa shape index (κ2) is 4.50. The molecule has 1 atom stereocenters. The molecule has 2 aliphatic heterocycles. The van der Waals surface area contributed by atoms with Crippen molar-refractivity contribution in [2.45, 2.75) is 24.5 Å². The molecular formula is C9H9NO4S2. The van der Waals surface area contributed by atoms with E-state index in [1.54, 1.807) is 0 Å². The summed E-state index contributed by atoms with van der Waals surface area (Å²) in [5.41, 5.74) is 0. The molecule has 7 heteroatoms. The molecule has 2 saturated heterocycles. The van der Waals surface area contributed by atoms with Crippen LogP contribution in [0.1, 0.15) is 19.3 Å². The molecule has 0 radical (unpaired) electrons. The molecule has 0 saturated carbocycles. The predicted octanol–water partition coefficient (Wildman–Crippen LogP) is 0.469. The lowest BCUT2D eigenvalue weighted by atomic mass is 10.4. The van der Waals surface area contributed by atoms with Gasteiger partial charge in [0.25, 0.3) is 0 Å². The molecule has 2 rings (SSSR count). The Morgan fingerprint density at radius 3 is 2.44 bits per heavy atom. The van der Waals surface area contributed by atoms with E-state index in [4.69, 9.17) is 17.0 Å². The Morgan fingerprint density at radius 2 is 1.94 bits per heavy atom. The molecule has 2 fully saturated rings. The van der Waals surface area contributed by atoms with Crippen molar-refractivity contribution in [2.75, 3.05) is 6.61 Å². The minimum absolute atomic E-state index is 0.163. The zero-order valence-corrected chi connectivity index (χ0v) is 9.94. The third-order valence-corrected chi connectivity index (χ3v) is 3.93. The number of nitrogens with zero attached hydrogens (tertiary/aromatic N) is 1. The van der Waals surface area contributed by atoms with Crippen LogP contribution in [0.15, 0.2) is 0 Å². The van der Waals surface area contributed by atoms with Gasteiger partial charge in [-0.1, -0.05) is 24.0 Å². The molecule has 0 spiro atoms. The van der Waals surface area contributed by atoms with Crippen LogP contribution in [0.3, 0.4) is 0 Å². The van der Waals surface area contributed by atoms with Gasteiger partial charge in [-0.3, -0.25) is 14.4 Å². The molecule has 2 amide bonds. The van der Waals surface area contributed by atoms with Gasteiger partial charge in [0.1, 0.15) is 5.25 Å². The molecule has 0 N–H and O–H groups in total. The zero-order chi connectivity index (χ0) is 11.7. The summed E-state index contributed by atoms with van der Waals surface area (Å²) in [6.07, 6.45) is 0.975. The zero-order valence-electron chi connectivity index (χ0n) is 8.30. The van der Waals surface area contributed by atoms with Crippen LogP contribution < -0.4 is 0 Å². The minimum Gasteiger partial charge on any atom is -0.465 e. The summed E-state index contributed by atoms with van der Waals surface area (Å²) < 4.78 is 4.94. The highest BCUT2D eigenvalue weighted by atomic mass is 32.2. The van der Waals surface area contributed by atoms with Crippen molar-refractivity contribution in [3.05, 3.63) is 0 Å². The van der Waals surface area contributed by atoms with Gasteiger partial charge in [-0.25, -0.2) is 4.90 Å². The number of esters is 1. The summed E-state index contributed by atoms with van der Waals surface area (Å²) in [6.45, 7) is 0.376. The molecule has 0 aliphatic carbocycles. The number of ether oxygens (including phenoxy) is 1. The minimum atomic E-state index is -0.381. The number of rotatable bonds is 1. The summed E-state index contributed by atoms with van der Waals surface area (Å²) in [5.74, 6) is -0.894. The molecule has 2 heterocycles. The maximum atomic E-state index is 11.4. The molecule has 0 aromatic heterocycles. The quantitative estimate of drug-likeness (QED) is 0.387. The fraction of sp³-hybridized carbons (Fsp3) is 0.556. The number of carbonyl (C=O) groups is 3. The van der Waals surface area contributed by atoms with Gasteiger partial charge in [0.2, 0.25) is 11.8 Å². The summed E-state index contributed by atoms with van der Waals surface area (Å²) in [6, 6.07) is 0. The molecule has 5 nitrogen and oxygen atoms in total. The van der Waals surface area contributed by atoms with Crippen molar-refractivity contribution in [3.8, 4) is 0 Å². The van der Waals surface area contributed by atoms with E-state index in [2.05, 4.69) is 0 Å². The smallest absolute Gasteiger partial charge is 0.319 e. The number of thioether (sulfide) groups is 1. The van der Waals surface area contributed by atoms with Crippen molar-refractivity contribution >= 4 is 46.1 Å². The fourth-order valence-corrected chi connectivity index (χ4v) is 3.02. The lowest BCUT2D eigenvalue weighted by molar-refractivity contribution is -0.138. The largest absolute Gasteiger partial charge is 0.465 e. The van der Waals surface area contributed by atoms with Crippen molar-refractivity contribution in [1.29, 1.82) is 0 Å². The Morgan fingerprint density at radius 1 is 1.31 bits per heavy atom. The van der Waals surface area contributed by atoms with E-state index in [9.17, 15) is 14.4 Å². The number of hydrogen-bond acceptors (Lipinski definition) is 6. The van der Waals surface area contributed by atoms with Gasteiger partial charge in [0.05, 0.1) is 6.61 Å². The van der Waals surface area contributed by atoms with Crippen molar-refractivity contribution in [2.24, 2.45) is 0 Å². The first kappa shape index (κ1) is 11.5. The van der Waals surface area contributed by atoms with E-state index in [-0.39, 0.29) is 40.2 Å². The van der Waals surface area contributed by atoms with E-state index in [0.717, 1.165) is 16.7 Å². The van der Waals surface area contributed by atoms with Crippen LogP contribution >= 0.6 is 24.0 Å². The molecule has 2 aliphatic rings. The van der Waals surface area contributed by atoms with E-state index >= 15 is 0 Å². The SMILES string of the molecule is O=C1OCC[C@H]1SC(=S)N1C(=O)CCC1=O. The lowest BCUT2D eigenvalue weighted by Crippen LogP contribution is -2.34. The van der Waals surface area contributed by atoms with Crippen molar-refractivity contribution in [1.82, 2.24) is 4.90 Å². The topological polar surface area (TPSA) is 63.7 Å². The van der Waals surface area contributed by atoms with Gasteiger partial charge in [0, 0.05) is 19.3 Å². The van der Waals surface area contributed by atoms with Gasteiger partial charge in [-0.05, 0) is 0 Å². The van der Waals surface area contributed by atoms with Crippen LogP contribution in [0.2, 0.25) is 0 Å². The Balaban J connectivity index is 2.00. The third kappa shape index (κ3) is 2.10. The highest BCUT2D eigenvalue weighted by molar-refractivity contribution is 8.23. The fourth-order valence-electron chi connectivity index (χ4n) is 1.54. The van der Waals surface area contributed by atoms with Crippen LogP contribution in [0.4, 0.5) is 0 Å². The van der Waals surface area contributed by atoms with E-state index in [0.29, 0.717) is 13.0 Å². The number of carbonyl (C=O) groups excluding carboxylic acids is 3. The van der Waals surface area contributed by atoms with E-state index in [1.165, 1.54) is 0 Å². The Hall–Kier alpha value is -0.950. The van der Waals surface area contributed by atoms with Gasteiger partial charge in [-0.2, -0.15) is 0 Å². The standard InChI is InChI=1S/C9H9NO4S2/c11-6-1-2-7(12)10(6)9(15)16-5-3-4-14-8(5)13/h5H,1-4H2/t5-/m1/s1. The van der Waals surface area contributed by atoms with Crippen LogP contribution in [0, 0.1) is 0 Å². The number of thiocarbonyl (C=S) groups is 1. The molecule has 0 aromatic carbocycles. The highest BCUT2D eigenvalue weighted by Gasteiger charge is 2.36. The maximum absolute atomic E-state index is 11.4. The summed E-state index contributed by atoms with van der Waals surface area (Å²) in [7, 11) is 0. The average molecular weight is 259 g/mol. The molecule has 16 heavy (non-hydrogen) atoms. The lowest BCUT2D eigenvalue weighted by Gasteiger charge is -2.15. The molecule has 0 aromatic rings. The number of imide groups is 1. The Kier molecular flexibility index (Phi) is 3.25. The second-order valence-electron chi connectivity index (χ2n) is 3.45. The number of amides is 2. The van der Waals surface area contributed by atoms with Crippen LogP contribution in [-0.2, 0) is 19.1 Å². The van der Waals surface area contributed by atoms with Gasteiger partial charge in [-0.15, -0.1) is 0 Å². The summed E-state index contributed by atoms with van der Waals surface area (Å²) in [5, 5.41) is -0.381. The Bertz CT molecular complexity index is 366. The maximum Gasteiger partial charge on any atom is 0.319 e. The first-order valence-corrected chi connectivity index (χ1v) is 6.11.